The smallest absolute Gasteiger partial charge is 0.255 e. The van der Waals surface area contributed by atoms with Gasteiger partial charge in [-0.2, -0.15) is 0 Å². The number of carbonyl (C=O) groups excluding carboxylic acids is 1. The van der Waals surface area contributed by atoms with E-state index in [1.54, 1.807) is 6.07 Å². The van der Waals surface area contributed by atoms with Gasteiger partial charge in [0.05, 0.1) is 0 Å². The molecule has 0 aliphatic rings. The fourth-order valence-electron chi connectivity index (χ4n) is 2.48. The maximum absolute atomic E-state index is 12.4. The topological polar surface area (TPSA) is 41.6 Å². The highest BCUT2D eigenvalue weighted by Gasteiger charge is 2.08. The summed E-state index contributed by atoms with van der Waals surface area (Å²) in [6, 6.07) is 22.7. The maximum Gasteiger partial charge on any atom is 0.255 e. The normalized spacial score (nSPS) is 10.3. The number of anilines is 2. The van der Waals surface area contributed by atoms with Crippen LogP contribution in [0.5, 0.6) is 11.5 Å². The van der Waals surface area contributed by atoms with Crippen molar-refractivity contribution in [3.8, 4) is 11.5 Å². The average molecular weight is 346 g/mol. The first-order chi connectivity index (χ1) is 12.5. The van der Waals surface area contributed by atoms with E-state index in [0.717, 1.165) is 22.9 Å². The van der Waals surface area contributed by atoms with Crippen molar-refractivity contribution in [2.75, 3.05) is 24.3 Å². The number of hydrogen-bond acceptors (Lipinski definition) is 3. The van der Waals surface area contributed by atoms with Crippen LogP contribution in [0, 0.1) is 6.92 Å². The highest BCUT2D eigenvalue weighted by Crippen LogP contribution is 2.23. The number of aryl methyl sites for hydroxylation is 1. The molecular formula is C22H22N2O2. The van der Waals surface area contributed by atoms with Gasteiger partial charge in [-0.15, -0.1) is 0 Å². The third-order valence-corrected chi connectivity index (χ3v) is 3.99. The molecule has 0 aliphatic heterocycles. The van der Waals surface area contributed by atoms with Crippen LogP contribution in [0.3, 0.4) is 0 Å². The molecule has 3 rings (SSSR count). The molecule has 3 aromatic carbocycles. The van der Waals surface area contributed by atoms with E-state index in [1.165, 1.54) is 5.56 Å². The number of amides is 1. The molecule has 4 nitrogen and oxygen atoms in total. The zero-order chi connectivity index (χ0) is 18.5. The van der Waals surface area contributed by atoms with E-state index >= 15 is 0 Å². The lowest BCUT2D eigenvalue weighted by Gasteiger charge is -2.13. The highest BCUT2D eigenvalue weighted by molar-refractivity contribution is 6.04. The molecule has 1 N–H and O–H groups in total. The second-order valence-electron chi connectivity index (χ2n) is 6.34. The Morgan fingerprint density at radius 2 is 1.50 bits per heavy atom. The summed E-state index contributed by atoms with van der Waals surface area (Å²) in [4.78, 5) is 14.4. The van der Waals surface area contributed by atoms with Crippen LogP contribution in [0.4, 0.5) is 11.4 Å². The van der Waals surface area contributed by atoms with Gasteiger partial charge in [-0.25, -0.2) is 0 Å². The molecule has 1 amide bonds. The van der Waals surface area contributed by atoms with Gasteiger partial charge in [-0.1, -0.05) is 23.8 Å². The van der Waals surface area contributed by atoms with Crippen molar-refractivity contribution in [2.24, 2.45) is 0 Å². The largest absolute Gasteiger partial charge is 0.457 e. The Bertz CT molecular complexity index is 885. The first-order valence-electron chi connectivity index (χ1n) is 8.44. The number of benzene rings is 3. The molecule has 26 heavy (non-hydrogen) atoms. The molecule has 132 valence electrons. The Balaban J connectivity index is 1.66. The molecule has 0 aliphatic carbocycles. The predicted molar refractivity (Wildman–Crippen MR) is 106 cm³/mol. The molecule has 0 radical (unpaired) electrons. The molecule has 3 aromatic rings. The van der Waals surface area contributed by atoms with Crippen molar-refractivity contribution < 1.29 is 9.53 Å². The quantitative estimate of drug-likeness (QED) is 0.698. The molecule has 0 saturated heterocycles. The van der Waals surface area contributed by atoms with E-state index in [0.29, 0.717) is 5.56 Å². The second-order valence-corrected chi connectivity index (χ2v) is 6.34. The summed E-state index contributed by atoms with van der Waals surface area (Å²) in [5, 5.41) is 2.91. The van der Waals surface area contributed by atoms with Gasteiger partial charge in [0.2, 0.25) is 0 Å². The lowest BCUT2D eigenvalue weighted by molar-refractivity contribution is 0.102. The van der Waals surface area contributed by atoms with Crippen LogP contribution < -0.4 is 15.0 Å². The summed E-state index contributed by atoms with van der Waals surface area (Å²) in [5.74, 6) is 1.37. The minimum atomic E-state index is -0.138. The van der Waals surface area contributed by atoms with Gasteiger partial charge < -0.3 is 15.0 Å². The van der Waals surface area contributed by atoms with Gasteiger partial charge in [0.1, 0.15) is 11.5 Å². The van der Waals surface area contributed by atoms with Gasteiger partial charge in [0.25, 0.3) is 5.91 Å². The first-order valence-corrected chi connectivity index (χ1v) is 8.44. The summed E-state index contributed by atoms with van der Waals surface area (Å²) in [6.45, 7) is 2.04. The third kappa shape index (κ3) is 4.42. The van der Waals surface area contributed by atoms with Gasteiger partial charge in [-0.3, -0.25) is 4.79 Å². The van der Waals surface area contributed by atoms with Gasteiger partial charge >= 0.3 is 0 Å². The van der Waals surface area contributed by atoms with Crippen LogP contribution in [-0.2, 0) is 0 Å². The monoisotopic (exact) mass is 346 g/mol. The molecule has 0 aromatic heterocycles. The minimum absolute atomic E-state index is 0.138. The lowest BCUT2D eigenvalue weighted by atomic mass is 10.1. The number of nitrogens with zero attached hydrogens (tertiary/aromatic N) is 1. The van der Waals surface area contributed by atoms with E-state index < -0.39 is 0 Å². The van der Waals surface area contributed by atoms with E-state index in [1.807, 2.05) is 92.6 Å². The Morgan fingerprint density at radius 3 is 2.12 bits per heavy atom. The van der Waals surface area contributed by atoms with Crippen molar-refractivity contribution in [3.63, 3.8) is 0 Å². The molecule has 0 heterocycles. The summed E-state index contributed by atoms with van der Waals surface area (Å²) in [5.41, 5.74) is 3.52. The van der Waals surface area contributed by atoms with Gasteiger partial charge in [0.15, 0.2) is 0 Å². The SMILES string of the molecule is Cc1ccc(Oc2ccc(NC(=O)c3cccc(N(C)C)c3)cc2)cc1. The molecular weight excluding hydrogens is 324 g/mol. The predicted octanol–water partition coefficient (Wildman–Crippen LogP) is 5.11. The average Bonchev–Trinajstić information content (AvgIpc) is 2.65. The Kier molecular flexibility index (Phi) is 5.23. The number of carbonyl (C=O) groups is 1. The number of ether oxygens (including phenoxy) is 1. The van der Waals surface area contributed by atoms with Crippen molar-refractivity contribution in [2.45, 2.75) is 6.92 Å². The first kappa shape index (κ1) is 17.5. The number of nitrogens with one attached hydrogen (secondary N) is 1. The number of hydrogen-bond donors (Lipinski definition) is 1. The van der Waals surface area contributed by atoms with Crippen LogP contribution >= 0.6 is 0 Å². The van der Waals surface area contributed by atoms with Crippen LogP contribution in [0.2, 0.25) is 0 Å². The summed E-state index contributed by atoms with van der Waals surface area (Å²) >= 11 is 0. The van der Waals surface area contributed by atoms with Gasteiger partial charge in [-0.05, 0) is 61.5 Å². The molecule has 0 unspecified atom stereocenters. The Morgan fingerprint density at radius 1 is 0.885 bits per heavy atom. The van der Waals surface area contributed by atoms with E-state index in [-0.39, 0.29) is 5.91 Å². The van der Waals surface area contributed by atoms with Crippen LogP contribution in [0.15, 0.2) is 72.8 Å². The van der Waals surface area contributed by atoms with E-state index in [2.05, 4.69) is 5.32 Å². The molecule has 0 saturated carbocycles. The molecule has 0 atom stereocenters. The van der Waals surface area contributed by atoms with Crippen molar-refractivity contribution in [1.29, 1.82) is 0 Å². The fourth-order valence-corrected chi connectivity index (χ4v) is 2.48. The summed E-state index contributed by atoms with van der Waals surface area (Å²) in [6.07, 6.45) is 0. The zero-order valence-corrected chi connectivity index (χ0v) is 15.2. The van der Waals surface area contributed by atoms with E-state index in [9.17, 15) is 4.79 Å². The second kappa shape index (κ2) is 7.74. The molecule has 4 heteroatoms. The Hall–Kier alpha value is -3.27. The molecule has 0 fully saturated rings. The maximum atomic E-state index is 12.4. The van der Waals surface area contributed by atoms with Crippen LogP contribution in [0.25, 0.3) is 0 Å². The van der Waals surface area contributed by atoms with Crippen LogP contribution in [0.1, 0.15) is 15.9 Å². The van der Waals surface area contributed by atoms with Crippen molar-refractivity contribution >= 4 is 17.3 Å². The third-order valence-electron chi connectivity index (χ3n) is 3.99. The summed E-state index contributed by atoms with van der Waals surface area (Å²) in [7, 11) is 3.90. The Labute approximate surface area is 154 Å². The van der Waals surface area contributed by atoms with Crippen LogP contribution in [-0.4, -0.2) is 20.0 Å². The standard InChI is InChI=1S/C22H22N2O2/c1-16-7-11-20(12-8-16)26-21-13-9-18(10-14-21)23-22(25)17-5-4-6-19(15-17)24(2)3/h4-15H,1-3H3,(H,23,25). The highest BCUT2D eigenvalue weighted by atomic mass is 16.5. The van der Waals surface area contributed by atoms with Crippen molar-refractivity contribution in [3.05, 3.63) is 83.9 Å². The zero-order valence-electron chi connectivity index (χ0n) is 15.2. The van der Waals surface area contributed by atoms with Gasteiger partial charge in [0, 0.05) is 31.0 Å². The molecule has 0 bridgehead atoms. The fraction of sp³-hybridized carbons (Fsp3) is 0.136. The summed E-state index contributed by atoms with van der Waals surface area (Å²) < 4.78 is 5.80. The molecule has 0 spiro atoms. The minimum Gasteiger partial charge on any atom is -0.457 e. The van der Waals surface area contributed by atoms with Crippen molar-refractivity contribution in [1.82, 2.24) is 0 Å². The van der Waals surface area contributed by atoms with E-state index in [4.69, 9.17) is 4.74 Å². The lowest BCUT2D eigenvalue weighted by Crippen LogP contribution is -2.14. The number of rotatable bonds is 5.